The number of nitrogens with one attached hydrogen (secondary N) is 1. The minimum atomic E-state index is -3.40. The van der Waals surface area contributed by atoms with E-state index in [1.807, 2.05) is 6.92 Å². The first-order valence-electron chi connectivity index (χ1n) is 11.6. The van der Waals surface area contributed by atoms with Crippen molar-refractivity contribution in [1.29, 1.82) is 0 Å². The predicted molar refractivity (Wildman–Crippen MR) is 134 cm³/mol. The zero-order valence-electron chi connectivity index (χ0n) is 20.3. The fraction of sp³-hybridized carbons (Fsp3) is 0.280. The predicted octanol–water partition coefficient (Wildman–Crippen LogP) is 3.60. The van der Waals surface area contributed by atoms with Crippen molar-refractivity contribution < 1.29 is 22.0 Å². The van der Waals surface area contributed by atoms with Crippen molar-refractivity contribution in [1.82, 2.24) is 25.5 Å². The van der Waals surface area contributed by atoms with E-state index in [0.29, 0.717) is 17.8 Å². The summed E-state index contributed by atoms with van der Waals surface area (Å²) in [5.74, 6) is -0.508. The molecule has 0 radical (unpaired) electrons. The summed E-state index contributed by atoms with van der Waals surface area (Å²) in [6.45, 7) is 5.67. The van der Waals surface area contributed by atoms with Crippen LogP contribution in [0.25, 0.3) is 34.3 Å². The third kappa shape index (κ3) is 5.08. The Labute approximate surface area is 213 Å². The molecule has 1 aliphatic rings. The van der Waals surface area contributed by atoms with Gasteiger partial charge in [0, 0.05) is 12.1 Å². The number of halogens is 1. The van der Waals surface area contributed by atoms with Crippen LogP contribution < -0.4 is 11.1 Å². The van der Waals surface area contributed by atoms with E-state index in [9.17, 15) is 12.8 Å². The summed E-state index contributed by atoms with van der Waals surface area (Å²) >= 11 is 0. The normalized spacial score (nSPS) is 17.3. The number of benzene rings is 2. The topological polar surface area (TPSA) is 149 Å². The second-order valence-electron chi connectivity index (χ2n) is 8.98. The Morgan fingerprint density at radius 1 is 1.11 bits per heavy atom. The van der Waals surface area contributed by atoms with Gasteiger partial charge in [0.15, 0.2) is 21.3 Å². The van der Waals surface area contributed by atoms with Crippen LogP contribution in [0.3, 0.4) is 0 Å². The maximum Gasteiger partial charge on any atom is 0.270 e. The molecule has 10 nitrogen and oxygen atoms in total. The Balaban J connectivity index is 1.38. The van der Waals surface area contributed by atoms with Gasteiger partial charge in [0.05, 0.1) is 33.7 Å². The van der Waals surface area contributed by atoms with Crippen LogP contribution >= 0.6 is 0 Å². The molecule has 2 atom stereocenters. The van der Waals surface area contributed by atoms with Gasteiger partial charge in [-0.15, -0.1) is 10.2 Å². The Morgan fingerprint density at radius 3 is 2.46 bits per heavy atom. The van der Waals surface area contributed by atoms with Crippen molar-refractivity contribution in [2.75, 3.05) is 5.73 Å². The van der Waals surface area contributed by atoms with Gasteiger partial charge < -0.3 is 14.9 Å². The summed E-state index contributed by atoms with van der Waals surface area (Å²) in [4.78, 5) is 8.87. The molecule has 3 N–H and O–H groups in total. The summed E-state index contributed by atoms with van der Waals surface area (Å²) in [7, 11) is -3.40. The quantitative estimate of drug-likeness (QED) is 0.327. The van der Waals surface area contributed by atoms with Crippen LogP contribution in [0.15, 0.2) is 58.0 Å². The molecule has 1 saturated heterocycles. The summed E-state index contributed by atoms with van der Waals surface area (Å²) in [6.07, 6.45) is 1.62. The van der Waals surface area contributed by atoms with Gasteiger partial charge in [0.2, 0.25) is 0 Å². The molecule has 0 amide bonds. The highest BCUT2D eigenvalue weighted by Gasteiger charge is 2.33. The first kappa shape index (κ1) is 24.9. The maximum absolute atomic E-state index is 14.8. The number of anilines is 1. The third-order valence-electron chi connectivity index (χ3n) is 6.01. The fourth-order valence-electron chi connectivity index (χ4n) is 3.67. The van der Waals surface area contributed by atoms with Gasteiger partial charge in [-0.1, -0.05) is 18.2 Å². The number of epoxide rings is 1. The summed E-state index contributed by atoms with van der Waals surface area (Å²) in [6, 6.07) is 11.1. The van der Waals surface area contributed by atoms with Crippen LogP contribution in [-0.2, 0) is 21.1 Å². The lowest BCUT2D eigenvalue weighted by atomic mass is 10.1. The average molecular weight is 525 g/mol. The van der Waals surface area contributed by atoms with Crippen LogP contribution in [-0.4, -0.2) is 46.2 Å². The van der Waals surface area contributed by atoms with Gasteiger partial charge >= 0.3 is 0 Å². The average Bonchev–Trinajstić information content (AvgIpc) is 3.37. The highest BCUT2D eigenvalue weighted by molar-refractivity contribution is 7.92. The molecule has 1 aliphatic heterocycles. The molecule has 37 heavy (non-hydrogen) atoms. The molecule has 4 aromatic rings. The number of hydrogen-bond acceptors (Lipinski definition) is 10. The molecule has 12 heteroatoms. The smallest absolute Gasteiger partial charge is 0.270 e. The SMILES string of the molecule is CC1OC1NCc1ccc(-c2nnc(-c3nc(-c4ccc(S(=O)(=O)C(C)C)cc4)cnc3N)o2)c(F)c1. The number of nitrogens with two attached hydrogens (primary N) is 1. The monoisotopic (exact) mass is 524 g/mol. The van der Waals surface area contributed by atoms with E-state index in [0.717, 1.165) is 5.56 Å². The van der Waals surface area contributed by atoms with Gasteiger partial charge in [0.25, 0.3) is 11.8 Å². The summed E-state index contributed by atoms with van der Waals surface area (Å²) in [5.41, 5.74) is 8.09. The van der Waals surface area contributed by atoms with Crippen molar-refractivity contribution in [2.24, 2.45) is 0 Å². The second kappa shape index (κ2) is 9.61. The number of rotatable bonds is 8. The molecule has 3 heterocycles. The minimum absolute atomic E-state index is 0.00502. The molecular weight excluding hydrogens is 499 g/mol. The molecule has 2 unspecified atom stereocenters. The third-order valence-corrected chi connectivity index (χ3v) is 8.18. The molecule has 2 aromatic carbocycles. The minimum Gasteiger partial charge on any atom is -0.414 e. The van der Waals surface area contributed by atoms with E-state index in [4.69, 9.17) is 14.9 Å². The van der Waals surface area contributed by atoms with Crippen molar-refractivity contribution in [3.05, 3.63) is 60.0 Å². The number of hydrogen-bond donors (Lipinski definition) is 2. The van der Waals surface area contributed by atoms with Crippen LogP contribution in [0.5, 0.6) is 0 Å². The van der Waals surface area contributed by atoms with Gasteiger partial charge in [-0.2, -0.15) is 0 Å². The maximum atomic E-state index is 14.8. The zero-order valence-corrected chi connectivity index (χ0v) is 21.2. The first-order valence-corrected chi connectivity index (χ1v) is 13.2. The zero-order chi connectivity index (χ0) is 26.3. The number of nitrogens with zero attached hydrogens (tertiary/aromatic N) is 4. The molecule has 192 valence electrons. The number of nitrogen functional groups attached to an aromatic ring is 1. The van der Waals surface area contributed by atoms with Crippen molar-refractivity contribution in [3.63, 3.8) is 0 Å². The largest absolute Gasteiger partial charge is 0.414 e. The Kier molecular flexibility index (Phi) is 6.48. The second-order valence-corrected chi connectivity index (χ2v) is 11.5. The molecule has 0 bridgehead atoms. The van der Waals surface area contributed by atoms with Gasteiger partial charge in [0.1, 0.15) is 12.0 Å². The van der Waals surface area contributed by atoms with E-state index >= 15 is 0 Å². The molecule has 2 aromatic heterocycles. The van der Waals surface area contributed by atoms with Gasteiger partial charge in [-0.05, 0) is 50.6 Å². The lowest BCUT2D eigenvalue weighted by molar-refractivity contribution is 0.349. The molecular formula is C25H25FN6O4S. The van der Waals surface area contributed by atoms with Crippen molar-refractivity contribution >= 4 is 15.7 Å². The highest BCUT2D eigenvalue weighted by atomic mass is 32.2. The Hall–Kier alpha value is -3.74. The highest BCUT2D eigenvalue weighted by Crippen LogP contribution is 2.30. The lowest BCUT2D eigenvalue weighted by Gasteiger charge is -2.09. The van der Waals surface area contributed by atoms with E-state index < -0.39 is 20.9 Å². The van der Waals surface area contributed by atoms with E-state index in [2.05, 4.69) is 25.5 Å². The fourth-order valence-corrected chi connectivity index (χ4v) is 4.73. The molecule has 5 rings (SSSR count). The number of ether oxygens (including phenoxy) is 1. The van der Waals surface area contributed by atoms with Crippen molar-refractivity contribution in [2.45, 2.75) is 49.8 Å². The Morgan fingerprint density at radius 2 is 1.81 bits per heavy atom. The van der Waals surface area contributed by atoms with Crippen LogP contribution in [0.4, 0.5) is 10.2 Å². The molecule has 0 spiro atoms. The molecule has 0 aliphatic carbocycles. The number of sulfone groups is 1. The number of aromatic nitrogens is 4. The van der Waals surface area contributed by atoms with E-state index in [1.165, 1.54) is 24.4 Å². The lowest BCUT2D eigenvalue weighted by Crippen LogP contribution is -2.18. The molecule has 1 fully saturated rings. The van der Waals surface area contributed by atoms with Gasteiger partial charge in [-0.25, -0.2) is 22.8 Å². The van der Waals surface area contributed by atoms with E-state index in [-0.39, 0.29) is 46.1 Å². The Bertz CT molecular complexity index is 1560. The van der Waals surface area contributed by atoms with Gasteiger partial charge in [-0.3, -0.25) is 5.32 Å². The van der Waals surface area contributed by atoms with E-state index in [1.54, 1.807) is 38.1 Å². The van der Waals surface area contributed by atoms with Crippen LogP contribution in [0.1, 0.15) is 26.3 Å². The summed E-state index contributed by atoms with van der Waals surface area (Å²) in [5, 5.41) is 10.6. The van der Waals surface area contributed by atoms with Crippen LogP contribution in [0, 0.1) is 5.82 Å². The summed E-state index contributed by atoms with van der Waals surface area (Å²) < 4.78 is 50.6. The standard InChI is InChI=1S/C25H25FN6O4S/c1-13(2)37(33,34)17-7-5-16(6-8-17)20-12-28-22(27)21(30-20)25-32-31-24(36-25)18-9-4-15(10-19(18)26)11-29-23-14(3)35-23/h4-10,12-14,23,29H,11H2,1-3H3,(H2,27,28). The van der Waals surface area contributed by atoms with Crippen LogP contribution in [0.2, 0.25) is 0 Å². The van der Waals surface area contributed by atoms with Crippen molar-refractivity contribution in [3.8, 4) is 34.3 Å². The first-order chi connectivity index (χ1) is 17.6. The molecule has 0 saturated carbocycles.